The molecule has 1 aliphatic rings. The van der Waals surface area contributed by atoms with E-state index in [-0.39, 0.29) is 24.6 Å². The predicted molar refractivity (Wildman–Crippen MR) is 148 cm³/mol. The molecule has 4 aromatic rings. The van der Waals surface area contributed by atoms with Gasteiger partial charge in [-0.05, 0) is 43.2 Å². The Morgan fingerprint density at radius 2 is 1.68 bits per heavy atom. The number of hydrogen-bond acceptors (Lipinski definition) is 6. The number of nitrogens with zero attached hydrogens (tertiary/aromatic N) is 3. The Morgan fingerprint density at radius 3 is 2.47 bits per heavy atom. The number of fused-ring (bicyclic) bond motifs is 1. The number of carbonyl (C=O) groups excluding carboxylic acids is 1. The first-order valence-corrected chi connectivity index (χ1v) is 14.0. The van der Waals surface area contributed by atoms with Crippen molar-refractivity contribution in [2.45, 2.75) is 24.8 Å². The van der Waals surface area contributed by atoms with Gasteiger partial charge in [-0.3, -0.25) is 0 Å². The molecule has 9 heteroatoms. The molecular formula is C29H30N4O4S. The number of benzene rings is 3. The third-order valence-electron chi connectivity index (χ3n) is 6.62. The summed E-state index contributed by atoms with van der Waals surface area (Å²) >= 11 is 0. The smallest absolute Gasteiger partial charge is 0.410 e. The van der Waals surface area contributed by atoms with Gasteiger partial charge in [0.1, 0.15) is 12.4 Å². The monoisotopic (exact) mass is 530 g/mol. The highest BCUT2D eigenvalue weighted by molar-refractivity contribution is 7.89. The van der Waals surface area contributed by atoms with Crippen LogP contribution in [0.15, 0.2) is 90.0 Å². The second-order valence-corrected chi connectivity index (χ2v) is 11.2. The lowest BCUT2D eigenvalue weighted by Crippen LogP contribution is -2.37. The highest BCUT2D eigenvalue weighted by atomic mass is 32.2. The first-order valence-electron chi connectivity index (χ1n) is 12.6. The zero-order valence-electron chi connectivity index (χ0n) is 21.2. The minimum absolute atomic E-state index is 0.182. The Labute approximate surface area is 222 Å². The summed E-state index contributed by atoms with van der Waals surface area (Å²) in [7, 11) is -3.81. The Bertz CT molecular complexity index is 1530. The summed E-state index contributed by atoms with van der Waals surface area (Å²) in [6.45, 7) is 3.41. The zero-order chi connectivity index (χ0) is 26.5. The van der Waals surface area contributed by atoms with Gasteiger partial charge in [-0.15, -0.1) is 0 Å². The standard InChI is InChI=1S/C29H30N4O4S/c1-22-11-13-24(14-12-22)31-28-26-9-5-10-27(25(26)15-16-30-28)38(35,36)33-18-6-17-32(19-20-33)29(34)37-21-23-7-3-2-4-8-23/h2-5,7-16H,6,17-21H2,1H3,(H,30,31). The lowest BCUT2D eigenvalue weighted by atomic mass is 10.1. The molecule has 2 heterocycles. The molecule has 196 valence electrons. The molecule has 1 saturated heterocycles. The fourth-order valence-electron chi connectivity index (χ4n) is 4.54. The van der Waals surface area contributed by atoms with E-state index in [1.54, 1.807) is 29.3 Å². The van der Waals surface area contributed by atoms with Crippen molar-refractivity contribution in [1.82, 2.24) is 14.2 Å². The predicted octanol–water partition coefficient (Wildman–Crippen LogP) is 5.32. The molecule has 1 N–H and O–H groups in total. The highest BCUT2D eigenvalue weighted by Gasteiger charge is 2.30. The Hall–Kier alpha value is -3.95. The van der Waals surface area contributed by atoms with Crippen molar-refractivity contribution in [3.05, 3.63) is 96.2 Å². The molecule has 0 radical (unpaired) electrons. The van der Waals surface area contributed by atoms with Gasteiger partial charge in [-0.1, -0.05) is 60.2 Å². The number of hydrogen-bond donors (Lipinski definition) is 1. The van der Waals surface area contributed by atoms with E-state index < -0.39 is 16.1 Å². The number of carbonyl (C=O) groups is 1. The molecule has 3 aromatic carbocycles. The van der Waals surface area contributed by atoms with Crippen LogP contribution < -0.4 is 5.32 Å². The average molecular weight is 531 g/mol. The summed E-state index contributed by atoms with van der Waals surface area (Å²) in [5.74, 6) is 0.589. The number of aromatic nitrogens is 1. The quantitative estimate of drug-likeness (QED) is 0.363. The zero-order valence-corrected chi connectivity index (χ0v) is 22.0. The number of rotatable bonds is 6. The molecule has 1 aromatic heterocycles. The van der Waals surface area contributed by atoms with Gasteiger partial charge in [0.05, 0.1) is 4.90 Å². The number of pyridine rings is 1. The Balaban J connectivity index is 1.32. The summed E-state index contributed by atoms with van der Waals surface area (Å²) in [5, 5.41) is 4.62. The van der Waals surface area contributed by atoms with Crippen molar-refractivity contribution in [3.63, 3.8) is 0 Å². The summed E-state index contributed by atoms with van der Waals surface area (Å²) in [6.07, 6.45) is 1.70. The number of aryl methyl sites for hydroxylation is 1. The largest absolute Gasteiger partial charge is 0.445 e. The van der Waals surface area contributed by atoms with Crippen LogP contribution in [0.3, 0.4) is 0 Å². The molecular weight excluding hydrogens is 500 g/mol. The van der Waals surface area contributed by atoms with E-state index in [0.717, 1.165) is 22.2 Å². The Kier molecular flexibility index (Phi) is 7.57. The molecule has 1 amide bonds. The van der Waals surface area contributed by atoms with Crippen LogP contribution in [0.4, 0.5) is 16.3 Å². The maximum atomic E-state index is 13.8. The second-order valence-electron chi connectivity index (χ2n) is 9.29. The van der Waals surface area contributed by atoms with Crippen LogP contribution in [0.2, 0.25) is 0 Å². The lowest BCUT2D eigenvalue weighted by molar-refractivity contribution is 0.0980. The summed E-state index contributed by atoms with van der Waals surface area (Å²) < 4.78 is 34.5. The fraction of sp³-hybridized carbons (Fsp3) is 0.241. The summed E-state index contributed by atoms with van der Waals surface area (Å²) in [6, 6.07) is 24.4. The molecule has 0 saturated carbocycles. The van der Waals surface area contributed by atoms with Crippen molar-refractivity contribution in [2.24, 2.45) is 0 Å². The van der Waals surface area contributed by atoms with E-state index >= 15 is 0 Å². The van der Waals surface area contributed by atoms with E-state index in [0.29, 0.717) is 30.7 Å². The van der Waals surface area contributed by atoms with Crippen LogP contribution in [-0.4, -0.2) is 54.9 Å². The molecule has 38 heavy (non-hydrogen) atoms. The number of sulfonamides is 1. The minimum Gasteiger partial charge on any atom is -0.445 e. The van der Waals surface area contributed by atoms with Crippen molar-refractivity contribution in [3.8, 4) is 0 Å². The summed E-state index contributed by atoms with van der Waals surface area (Å²) in [4.78, 5) is 18.9. The van der Waals surface area contributed by atoms with E-state index in [2.05, 4.69) is 10.3 Å². The van der Waals surface area contributed by atoms with Gasteiger partial charge in [0.25, 0.3) is 0 Å². The van der Waals surface area contributed by atoms with Gasteiger partial charge in [0.2, 0.25) is 10.0 Å². The molecule has 0 aliphatic carbocycles. The van der Waals surface area contributed by atoms with Crippen LogP contribution in [0.25, 0.3) is 10.8 Å². The second kappa shape index (κ2) is 11.2. The molecule has 1 fully saturated rings. The summed E-state index contributed by atoms with van der Waals surface area (Å²) in [5.41, 5.74) is 2.92. The van der Waals surface area contributed by atoms with Crippen molar-refractivity contribution in [1.29, 1.82) is 0 Å². The first kappa shape index (κ1) is 25.7. The van der Waals surface area contributed by atoms with Gasteiger partial charge in [-0.2, -0.15) is 4.31 Å². The van der Waals surface area contributed by atoms with Crippen LogP contribution in [0.1, 0.15) is 17.5 Å². The van der Waals surface area contributed by atoms with E-state index in [4.69, 9.17) is 4.74 Å². The van der Waals surface area contributed by atoms with Crippen LogP contribution in [0, 0.1) is 6.92 Å². The van der Waals surface area contributed by atoms with Gasteiger partial charge >= 0.3 is 6.09 Å². The molecule has 0 atom stereocenters. The molecule has 8 nitrogen and oxygen atoms in total. The number of amides is 1. The van der Waals surface area contributed by atoms with Gasteiger partial charge in [0, 0.05) is 48.8 Å². The van der Waals surface area contributed by atoms with Crippen LogP contribution >= 0.6 is 0 Å². The van der Waals surface area contributed by atoms with E-state index in [9.17, 15) is 13.2 Å². The molecule has 0 bridgehead atoms. The van der Waals surface area contributed by atoms with E-state index in [1.165, 1.54) is 4.31 Å². The molecule has 0 spiro atoms. The third-order valence-corrected chi connectivity index (χ3v) is 8.57. The topological polar surface area (TPSA) is 91.8 Å². The number of ether oxygens (including phenoxy) is 1. The Morgan fingerprint density at radius 1 is 0.895 bits per heavy atom. The van der Waals surface area contributed by atoms with E-state index in [1.807, 2.05) is 67.6 Å². The molecule has 1 aliphatic heterocycles. The maximum Gasteiger partial charge on any atom is 0.410 e. The maximum absolute atomic E-state index is 13.8. The normalized spacial score (nSPS) is 14.7. The first-order chi connectivity index (χ1) is 18.4. The van der Waals surface area contributed by atoms with Crippen LogP contribution in [-0.2, 0) is 21.4 Å². The van der Waals surface area contributed by atoms with Gasteiger partial charge in [0.15, 0.2) is 0 Å². The number of nitrogens with one attached hydrogen (secondary N) is 1. The highest BCUT2D eigenvalue weighted by Crippen LogP contribution is 2.31. The minimum atomic E-state index is -3.81. The van der Waals surface area contributed by atoms with Crippen molar-refractivity contribution < 1.29 is 17.9 Å². The fourth-order valence-corrected chi connectivity index (χ4v) is 6.22. The molecule has 0 unspecified atom stereocenters. The SMILES string of the molecule is Cc1ccc(Nc2nccc3c(S(=O)(=O)N4CCCN(C(=O)OCc5ccccc5)CC4)cccc23)cc1. The van der Waals surface area contributed by atoms with Gasteiger partial charge in [-0.25, -0.2) is 18.2 Å². The van der Waals surface area contributed by atoms with Gasteiger partial charge < -0.3 is 15.0 Å². The average Bonchev–Trinajstić information content (AvgIpc) is 3.21. The third kappa shape index (κ3) is 5.64. The lowest BCUT2D eigenvalue weighted by Gasteiger charge is -2.22. The van der Waals surface area contributed by atoms with Crippen LogP contribution in [0.5, 0.6) is 0 Å². The number of anilines is 2. The van der Waals surface area contributed by atoms with Crippen molar-refractivity contribution >= 4 is 38.4 Å². The molecule has 5 rings (SSSR count). The van der Waals surface area contributed by atoms with Crippen molar-refractivity contribution in [2.75, 3.05) is 31.5 Å².